The van der Waals surface area contributed by atoms with E-state index in [1.165, 1.54) is 10.6 Å². The van der Waals surface area contributed by atoms with E-state index in [4.69, 9.17) is 9.72 Å². The lowest BCUT2D eigenvalue weighted by molar-refractivity contribution is 0.311. The monoisotopic (exact) mass is 541 g/mol. The second-order valence-corrected chi connectivity index (χ2v) is 10.4. The molecule has 200 valence electrons. The van der Waals surface area contributed by atoms with Crippen LogP contribution in [0.15, 0.2) is 43.0 Å². The normalized spacial score (nSPS) is 15.1. The maximum absolute atomic E-state index is 15.7. The molecule has 4 aromatic rings. The number of benzene rings is 1. The maximum Gasteiger partial charge on any atom is 0.226 e. The molecule has 5 rings (SSSR count). The van der Waals surface area contributed by atoms with E-state index in [1.54, 1.807) is 38.0 Å². The van der Waals surface area contributed by atoms with Crippen molar-refractivity contribution in [3.05, 3.63) is 54.6 Å². The van der Waals surface area contributed by atoms with Gasteiger partial charge in [-0.2, -0.15) is 0 Å². The van der Waals surface area contributed by atoms with E-state index in [0.717, 1.165) is 32.2 Å². The van der Waals surface area contributed by atoms with Gasteiger partial charge in [0.15, 0.2) is 5.82 Å². The SMILES string of the molecule is CCCS(=O)Nc1ccc(F)c(-n2cc(-c3cncc(OC)c3)c3nc(N4CCN(C)CC4)ncc32)c1F. The molecule has 12 heteroatoms. The summed E-state index contributed by atoms with van der Waals surface area (Å²) in [6.07, 6.45) is 7.09. The molecule has 9 nitrogen and oxygen atoms in total. The number of piperazine rings is 1. The van der Waals surface area contributed by atoms with Crippen LogP contribution in [-0.4, -0.2) is 74.7 Å². The van der Waals surface area contributed by atoms with Crippen molar-refractivity contribution in [2.45, 2.75) is 13.3 Å². The van der Waals surface area contributed by atoms with Crippen LogP contribution in [0.1, 0.15) is 13.3 Å². The molecule has 0 amide bonds. The molecular formula is C26H29F2N7O2S. The van der Waals surface area contributed by atoms with Gasteiger partial charge in [-0.3, -0.25) is 4.98 Å². The first-order valence-corrected chi connectivity index (χ1v) is 13.7. The minimum absolute atomic E-state index is 0.0467. The van der Waals surface area contributed by atoms with E-state index < -0.39 is 22.6 Å². The molecule has 3 aromatic heterocycles. The molecule has 1 saturated heterocycles. The predicted molar refractivity (Wildman–Crippen MR) is 145 cm³/mol. The van der Waals surface area contributed by atoms with Gasteiger partial charge in [-0.05, 0) is 31.7 Å². The zero-order valence-corrected chi connectivity index (χ0v) is 22.3. The van der Waals surface area contributed by atoms with Crippen LogP contribution in [0.4, 0.5) is 20.4 Å². The van der Waals surface area contributed by atoms with Gasteiger partial charge in [-0.1, -0.05) is 6.92 Å². The molecule has 4 heterocycles. The smallest absolute Gasteiger partial charge is 0.226 e. The molecule has 1 atom stereocenters. The minimum atomic E-state index is -1.49. The second kappa shape index (κ2) is 11.0. The topological polar surface area (TPSA) is 88.4 Å². The number of methoxy groups -OCH3 is 1. The lowest BCUT2D eigenvalue weighted by Crippen LogP contribution is -2.45. The van der Waals surface area contributed by atoms with E-state index in [0.29, 0.717) is 46.0 Å². The molecule has 1 aliphatic rings. The molecule has 1 fully saturated rings. The van der Waals surface area contributed by atoms with Crippen molar-refractivity contribution in [2.24, 2.45) is 0 Å². The van der Waals surface area contributed by atoms with Crippen LogP contribution in [0.25, 0.3) is 27.8 Å². The highest BCUT2D eigenvalue weighted by Crippen LogP contribution is 2.36. The van der Waals surface area contributed by atoms with E-state index in [9.17, 15) is 4.21 Å². The van der Waals surface area contributed by atoms with Gasteiger partial charge < -0.3 is 23.8 Å². The summed E-state index contributed by atoms with van der Waals surface area (Å²) in [5.41, 5.74) is 1.88. The first kappa shape index (κ1) is 26.0. The predicted octanol–water partition coefficient (Wildman–Crippen LogP) is 4.01. The number of hydrogen-bond donors (Lipinski definition) is 1. The number of halogens is 2. The summed E-state index contributed by atoms with van der Waals surface area (Å²) in [6, 6.07) is 4.20. The van der Waals surface area contributed by atoms with Crippen LogP contribution in [-0.2, 0) is 11.0 Å². The molecular weight excluding hydrogens is 512 g/mol. The van der Waals surface area contributed by atoms with Gasteiger partial charge in [-0.15, -0.1) is 0 Å². The molecule has 0 aliphatic carbocycles. The minimum Gasteiger partial charge on any atom is -0.495 e. The highest BCUT2D eigenvalue weighted by molar-refractivity contribution is 7.86. The molecule has 0 bridgehead atoms. The van der Waals surface area contributed by atoms with E-state index in [2.05, 4.69) is 31.5 Å². The third kappa shape index (κ3) is 5.05. The Labute approximate surface area is 222 Å². The van der Waals surface area contributed by atoms with Crippen LogP contribution in [0.3, 0.4) is 0 Å². The van der Waals surface area contributed by atoms with Crippen molar-refractivity contribution in [3.63, 3.8) is 0 Å². The Bertz CT molecular complexity index is 1490. The molecule has 0 radical (unpaired) electrons. The fourth-order valence-corrected chi connectivity index (χ4v) is 5.31. The van der Waals surface area contributed by atoms with Gasteiger partial charge in [0.05, 0.1) is 30.7 Å². The zero-order chi connectivity index (χ0) is 26.8. The van der Waals surface area contributed by atoms with Crippen LogP contribution in [0, 0.1) is 11.6 Å². The number of rotatable bonds is 8. The van der Waals surface area contributed by atoms with Gasteiger partial charge >= 0.3 is 0 Å². The standard InChI is InChI=1S/C26H29F2N7O2S/c1-4-11-38(36)32-21-6-5-20(27)25(23(21)28)35-16-19(17-12-18(37-3)14-29-13-17)24-22(35)15-30-26(31-24)34-9-7-33(2)8-10-34/h5-6,12-16,32H,4,7-11H2,1-3H3. The molecule has 0 saturated carbocycles. The van der Waals surface area contributed by atoms with Gasteiger partial charge in [-0.25, -0.2) is 23.0 Å². The quantitative estimate of drug-likeness (QED) is 0.361. The summed E-state index contributed by atoms with van der Waals surface area (Å²) in [4.78, 5) is 18.0. The summed E-state index contributed by atoms with van der Waals surface area (Å²) >= 11 is 0. The van der Waals surface area contributed by atoms with Crippen molar-refractivity contribution in [1.29, 1.82) is 0 Å². The Balaban J connectivity index is 1.68. The van der Waals surface area contributed by atoms with Crippen LogP contribution >= 0.6 is 0 Å². The number of nitrogens with zero attached hydrogens (tertiary/aromatic N) is 6. The molecule has 1 aliphatic heterocycles. The fourth-order valence-electron chi connectivity index (χ4n) is 4.43. The number of aromatic nitrogens is 4. The van der Waals surface area contributed by atoms with E-state index in [-0.39, 0.29) is 11.4 Å². The summed E-state index contributed by atoms with van der Waals surface area (Å²) in [5.74, 6) is -0.200. The Morgan fingerprint density at radius 1 is 1.13 bits per heavy atom. The maximum atomic E-state index is 15.7. The Hall–Kier alpha value is -3.64. The third-order valence-electron chi connectivity index (χ3n) is 6.50. The van der Waals surface area contributed by atoms with Gasteiger partial charge in [0.1, 0.15) is 33.8 Å². The average molecular weight is 542 g/mol. The summed E-state index contributed by atoms with van der Waals surface area (Å²) < 4.78 is 52.6. The highest BCUT2D eigenvalue weighted by atomic mass is 32.2. The number of hydrogen-bond acceptors (Lipinski definition) is 7. The Morgan fingerprint density at radius 2 is 1.92 bits per heavy atom. The number of ether oxygens (including phenoxy) is 1. The van der Waals surface area contributed by atoms with Crippen LogP contribution in [0.2, 0.25) is 0 Å². The molecule has 1 unspecified atom stereocenters. The number of pyridine rings is 1. The van der Waals surface area contributed by atoms with E-state index in [1.807, 2.05) is 6.92 Å². The molecule has 38 heavy (non-hydrogen) atoms. The number of fused-ring (bicyclic) bond motifs is 1. The summed E-state index contributed by atoms with van der Waals surface area (Å²) in [6.45, 7) is 5.17. The Kier molecular flexibility index (Phi) is 7.52. The van der Waals surface area contributed by atoms with Crippen molar-refractivity contribution in [3.8, 4) is 22.6 Å². The lowest BCUT2D eigenvalue weighted by atomic mass is 10.1. The van der Waals surface area contributed by atoms with Crippen LogP contribution in [0.5, 0.6) is 5.75 Å². The number of likely N-dealkylation sites (N-methyl/N-ethyl adjacent to an activating group) is 1. The van der Waals surface area contributed by atoms with Crippen molar-refractivity contribution < 1.29 is 17.7 Å². The molecule has 1 aromatic carbocycles. The van der Waals surface area contributed by atoms with Crippen molar-refractivity contribution in [2.75, 3.05) is 55.7 Å². The first-order chi connectivity index (χ1) is 18.4. The summed E-state index contributed by atoms with van der Waals surface area (Å²) in [7, 11) is 2.12. The zero-order valence-electron chi connectivity index (χ0n) is 21.4. The van der Waals surface area contributed by atoms with Crippen molar-refractivity contribution in [1.82, 2.24) is 24.4 Å². The lowest BCUT2D eigenvalue weighted by Gasteiger charge is -2.32. The van der Waals surface area contributed by atoms with Gasteiger partial charge in [0.2, 0.25) is 5.95 Å². The fraction of sp³-hybridized carbons (Fsp3) is 0.346. The van der Waals surface area contributed by atoms with Gasteiger partial charge in [0.25, 0.3) is 0 Å². The summed E-state index contributed by atoms with van der Waals surface area (Å²) in [5, 5.41) is 0. The first-order valence-electron chi connectivity index (χ1n) is 12.3. The van der Waals surface area contributed by atoms with Crippen molar-refractivity contribution >= 4 is 33.7 Å². The third-order valence-corrected chi connectivity index (χ3v) is 7.72. The average Bonchev–Trinajstić information content (AvgIpc) is 3.29. The largest absolute Gasteiger partial charge is 0.495 e. The Morgan fingerprint density at radius 3 is 2.66 bits per heavy atom. The second-order valence-electron chi connectivity index (χ2n) is 9.13. The van der Waals surface area contributed by atoms with E-state index >= 15 is 8.78 Å². The number of anilines is 2. The number of nitrogens with one attached hydrogen (secondary N) is 1. The highest BCUT2D eigenvalue weighted by Gasteiger charge is 2.24. The van der Waals surface area contributed by atoms with Gasteiger partial charge in [0, 0.05) is 55.5 Å². The molecule has 1 N–H and O–H groups in total. The van der Waals surface area contributed by atoms with Crippen LogP contribution < -0.4 is 14.4 Å². The molecule has 0 spiro atoms.